The van der Waals surface area contributed by atoms with Gasteiger partial charge in [0.05, 0.1) is 53.0 Å². The number of β-lactam (4-membered cyclic amide) rings is 1. The third-order valence-electron chi connectivity index (χ3n) is 23.3. The van der Waals surface area contributed by atoms with Crippen LogP contribution in [0, 0.1) is 5.92 Å². The number of oxime groups is 1. The number of nitrogens with two attached hydrogens (primary N) is 3. The van der Waals surface area contributed by atoms with Crippen LogP contribution in [0.25, 0.3) is 11.1 Å². The molecule has 1 unspecified atom stereocenters. The average Bonchev–Trinajstić information content (AvgIpc) is 0.762. The number of aromatic hydroxyl groups is 3. The highest BCUT2D eigenvalue weighted by Crippen LogP contribution is 2.51. The number of carbonyl (C=O) groups is 11. The number of fused-ring (bicyclic) bond motifs is 15. The number of aromatic nitrogens is 2. The van der Waals surface area contributed by atoms with E-state index < -0.39 is 295 Å². The van der Waals surface area contributed by atoms with Crippen molar-refractivity contribution < 1.29 is 142 Å². The van der Waals surface area contributed by atoms with E-state index in [9.17, 15) is 80.2 Å². The quantitative estimate of drug-likeness (QED) is 0.0129. The summed E-state index contributed by atoms with van der Waals surface area (Å²) in [6.45, 7) is 4.98. The second kappa shape index (κ2) is 40.1. The molecule has 9 bridgehead atoms. The van der Waals surface area contributed by atoms with Crippen molar-refractivity contribution in [1.82, 2.24) is 57.7 Å². The first-order chi connectivity index (χ1) is 63.5. The first-order valence-electron chi connectivity index (χ1n) is 41.4. The molecule has 9 aliphatic rings. The zero-order valence-corrected chi connectivity index (χ0v) is 75.0. The molecule has 3 saturated heterocycles. The molecule has 9 aliphatic heterocycles. The van der Waals surface area contributed by atoms with Crippen LogP contribution in [-0.4, -0.2) is 242 Å². The number of anilines is 1. The van der Waals surface area contributed by atoms with Crippen molar-refractivity contribution in [2.75, 3.05) is 25.1 Å². The first-order valence-corrected chi connectivity index (χ1v) is 44.4. The van der Waals surface area contributed by atoms with Crippen LogP contribution in [-0.2, 0) is 80.0 Å². The molecule has 25 N–H and O–H groups in total. The summed E-state index contributed by atoms with van der Waals surface area (Å²) in [6, 6.07) is 0.486. The number of phenols is 3. The number of carboxylic acids is 1. The number of nitrogens with one attached hydrogen (secondary N) is 9. The number of nitrogen functional groups attached to an aromatic ring is 1. The summed E-state index contributed by atoms with van der Waals surface area (Å²) in [5.41, 5.74) is 12.7. The van der Waals surface area contributed by atoms with Crippen LogP contribution in [0.3, 0.4) is 0 Å². The van der Waals surface area contributed by atoms with Crippen LogP contribution in [0.4, 0.5) is 5.13 Å². The molecule has 49 heteroatoms. The smallest absolute Gasteiger partial charge is 0.276 e. The Balaban J connectivity index is 0.872. The fourth-order valence-corrected chi connectivity index (χ4v) is 19.2. The Kier molecular flexibility index (Phi) is 29.2. The van der Waals surface area contributed by atoms with Crippen molar-refractivity contribution in [3.05, 3.63) is 168 Å². The molecule has 0 aliphatic carbocycles. The maximum atomic E-state index is 16.6. The molecule has 20 atom stereocenters. The fraction of sp³-hybridized carbons (Fsp3) is 0.388. The number of thioether (sulfide) groups is 1. The van der Waals surface area contributed by atoms with E-state index in [0.717, 1.165) is 94.7 Å². The van der Waals surface area contributed by atoms with E-state index in [4.69, 9.17) is 80.4 Å². The fourth-order valence-electron chi connectivity index (χ4n) is 16.5. The minimum atomic E-state index is -2.45. The number of hydrogen-bond acceptors (Lipinski definition) is 35. The van der Waals surface area contributed by atoms with Gasteiger partial charge in [-0.3, -0.25) is 52.8 Å². The lowest BCUT2D eigenvalue weighted by Gasteiger charge is -2.50. The lowest BCUT2D eigenvalue weighted by Crippen LogP contribution is -2.71. The lowest BCUT2D eigenvalue weighted by molar-refractivity contribution is -0.689. The number of pyridine rings is 1. The number of aliphatic carboxylic acids is 1. The number of aliphatic hydroxyl groups excluding tert-OH is 6. The summed E-state index contributed by atoms with van der Waals surface area (Å²) in [7, 11) is 1.46. The molecule has 7 aromatic rings. The molecule has 16 rings (SSSR count). The third-order valence-corrected chi connectivity index (χ3v) is 26.3. The average molecular weight is 1960 g/mol. The monoisotopic (exact) mass is 1950 g/mol. The highest BCUT2D eigenvalue weighted by atomic mass is 35.5. The van der Waals surface area contributed by atoms with Crippen LogP contribution in [0.5, 0.6) is 46.0 Å². The maximum Gasteiger partial charge on any atom is 0.276 e. The number of carboxylic acid groups (broad SMARTS) is 1. The van der Waals surface area contributed by atoms with E-state index in [0.29, 0.717) is 5.56 Å². The van der Waals surface area contributed by atoms with Gasteiger partial charge in [0.15, 0.2) is 53.7 Å². The van der Waals surface area contributed by atoms with Gasteiger partial charge in [-0.2, -0.15) is 0 Å². The van der Waals surface area contributed by atoms with Gasteiger partial charge >= 0.3 is 0 Å². The zero-order valence-electron chi connectivity index (χ0n) is 71.1. The van der Waals surface area contributed by atoms with Crippen molar-refractivity contribution in [3.8, 4) is 57.1 Å². The SMILES string of the molecule is CN[C@H](CC(C)C)C(=O)N[C@H]1C(=O)N[C@@H](CC(N)=O)C(=O)N[C@H]2C(=O)N[C@H]3C(=O)N[C@H](C(=O)N[C@H](C(=O)NCc4cc[n+](CC5=C(C(=O)[O-])N6C(=O)[C@@H](NC(=O)/C(=N/O)c7nc(N)sc7Cl)C6SC5)cc4)c4cc(O)cc(O)c4-c4cc(O)ccc43)[C@H](O)c3ccc(c(Cl)c3)Oc3cc2cc(c3O[C@H]2O[C@@H](CO)[C@H](O)[C@@H](O)[C@@H]2O[C@@H]2C[C@@](C)(N)[C@@H](O)[C@@H](C)O2)Oc2ccc(cc2Cl)[C@H]1O. The Morgan fingerprint density at radius 3 is 2.02 bits per heavy atom. The molecule has 10 amide bonds. The molecule has 5 aromatic carbocycles. The van der Waals surface area contributed by atoms with Crippen LogP contribution in [0.2, 0.25) is 14.4 Å². The molecular weight excluding hydrogens is 1860 g/mol. The molecule has 712 valence electrons. The number of carbonyl (C=O) groups excluding carboxylic acids is 11. The van der Waals surface area contributed by atoms with Crippen molar-refractivity contribution in [2.45, 2.75) is 181 Å². The van der Waals surface area contributed by atoms with Crippen LogP contribution in [0.1, 0.15) is 116 Å². The van der Waals surface area contributed by atoms with E-state index in [2.05, 4.69) is 58.0 Å². The number of phenolic OH excluding ortho intramolecular Hbond substituents is 3. The van der Waals surface area contributed by atoms with Crippen molar-refractivity contribution in [2.24, 2.45) is 22.5 Å². The number of amides is 10. The Morgan fingerprint density at radius 1 is 0.761 bits per heavy atom. The molecule has 11 heterocycles. The van der Waals surface area contributed by atoms with E-state index in [-0.39, 0.29) is 68.7 Å². The number of thiazole rings is 1. The Labute approximate surface area is 782 Å². The molecule has 134 heavy (non-hydrogen) atoms. The predicted molar refractivity (Wildman–Crippen MR) is 467 cm³/mol. The Hall–Kier alpha value is -12.4. The van der Waals surface area contributed by atoms with Crippen molar-refractivity contribution in [1.29, 1.82) is 0 Å². The van der Waals surface area contributed by atoms with Gasteiger partial charge in [-0.15, -0.1) is 11.8 Å². The van der Waals surface area contributed by atoms with Gasteiger partial charge in [0, 0.05) is 53.6 Å². The number of ether oxygens (including phenoxy) is 6. The van der Waals surface area contributed by atoms with E-state index >= 15 is 28.8 Å². The molecule has 2 aromatic heterocycles. The van der Waals surface area contributed by atoms with Crippen LogP contribution < -0.4 is 88.9 Å². The van der Waals surface area contributed by atoms with Crippen molar-refractivity contribution >= 4 is 134 Å². The van der Waals surface area contributed by atoms with Crippen LogP contribution >= 0.6 is 57.9 Å². The first kappa shape index (κ1) is 97.7. The number of rotatable bonds is 21. The molecule has 0 radical (unpaired) electrons. The number of aliphatic hydroxyl groups is 6. The second-order valence-electron chi connectivity index (χ2n) is 33.2. The Morgan fingerprint density at radius 2 is 1.42 bits per heavy atom. The topological polar surface area (TPSA) is 687 Å². The third kappa shape index (κ3) is 20.4. The number of halogens is 3. The maximum absolute atomic E-state index is 16.6. The highest BCUT2D eigenvalue weighted by Gasteiger charge is 2.55. The number of benzene rings is 5. The Bertz CT molecular complexity index is 5920. The van der Waals surface area contributed by atoms with Crippen LogP contribution in [0.15, 0.2) is 120 Å². The van der Waals surface area contributed by atoms with Gasteiger partial charge in [0.25, 0.3) is 11.8 Å². The number of primary amides is 1. The minimum Gasteiger partial charge on any atom is -0.543 e. The molecule has 3 fully saturated rings. The standard InChI is InChI=1S/C85H91Cl3N16O28S2/c1-30(2)16-44(92-5)72(115)98-60-64(110)33-6-10-47(42(86)17-33)128-49-19-35-20-50(68(49)132-83-69(67(113)66(112)51(28-105)130-83)131-53-25-85(4,91)70(114)31(3)127-53)129-48-11-7-34(18-43(48)87)65(111)61-79(122)97-57(41-22-38(107)23-46(108)54(41)40-21-37(106)8-9-39(40)56(76(119)99-61)96-75(118)55(35)95-73(116)45(24-52(89)109)94-78(60)121)74(117)93-26-32-12-14-103(15-13-32)27-36-29-133-81-62(80(123)104(81)63(36)82(124)125)100-77(120)59(102-126)58-71(88)134-84(90)101-58/h6-15,17-23,30-31,44-45,51,53,55-57,60-62,64-67,69-70,81,83,92,105,110-114H,16,24-29,91H2,1-5H3,(H16-,89,90,93,94,95,96,97,98,99,100,101,106,107,108,109,115,116,117,118,119,120,121,122,124,125,126)/t31-,44-,45+,51+,53-,55-,56-,57+,60-,61+,62-,64-,65-,66+,67-,69+,70+,81?,83-,85-/m1/s1. The number of nitrogens with zero attached hydrogens (tertiary/aromatic N) is 4. The zero-order chi connectivity index (χ0) is 96.8. The lowest BCUT2D eigenvalue weighted by atomic mass is 9.86. The summed E-state index contributed by atoms with van der Waals surface area (Å²) in [5.74, 6) is -19.5. The molecule has 0 spiro atoms. The molecular formula is C85H91Cl3N16O28S2. The van der Waals surface area contributed by atoms with Gasteiger partial charge in [0.2, 0.25) is 59.3 Å². The van der Waals surface area contributed by atoms with E-state index in [1.54, 1.807) is 13.8 Å². The van der Waals surface area contributed by atoms with Gasteiger partial charge in [-0.25, -0.2) is 9.55 Å². The van der Waals surface area contributed by atoms with E-state index in [1.807, 2.05) is 0 Å². The normalized spacial score (nSPS) is 27.3. The predicted octanol–water partition coefficient (Wildman–Crippen LogP) is -1.40. The van der Waals surface area contributed by atoms with Gasteiger partial charge in [-0.05, 0) is 127 Å². The highest BCUT2D eigenvalue weighted by molar-refractivity contribution is 8.00. The van der Waals surface area contributed by atoms with Crippen molar-refractivity contribution in [3.63, 3.8) is 0 Å². The van der Waals surface area contributed by atoms with Gasteiger partial charge in [0.1, 0.15) is 117 Å². The summed E-state index contributed by atoms with van der Waals surface area (Å²) in [6.07, 6.45) is -16.2. The largest absolute Gasteiger partial charge is 0.543 e. The van der Waals surface area contributed by atoms with E-state index in [1.165, 1.54) is 62.1 Å². The summed E-state index contributed by atoms with van der Waals surface area (Å²) < 4.78 is 40.2. The molecule has 0 saturated carbocycles. The summed E-state index contributed by atoms with van der Waals surface area (Å²) >= 11 is 22.4. The second-order valence-corrected chi connectivity index (χ2v) is 36.7. The summed E-state index contributed by atoms with van der Waals surface area (Å²) in [4.78, 5) is 167. The number of likely N-dealkylation sites (N-methyl/N-ethyl adjacent to an activating group) is 1. The van der Waals surface area contributed by atoms with Gasteiger partial charge < -0.3 is 155 Å². The summed E-state index contributed by atoms with van der Waals surface area (Å²) in [5, 5.41) is 153. The van der Waals surface area contributed by atoms with Gasteiger partial charge in [-0.1, -0.05) is 83.3 Å². The molecule has 44 nitrogen and oxygen atoms in total. The minimum absolute atomic E-state index is 0.0220. The number of hydrogen-bond donors (Lipinski definition) is 22.